The second kappa shape index (κ2) is 7.57. The van der Waals surface area contributed by atoms with Gasteiger partial charge in [-0.2, -0.15) is 0 Å². The lowest BCUT2D eigenvalue weighted by Gasteiger charge is -2.35. The Morgan fingerprint density at radius 2 is 2.11 bits per heavy atom. The molecule has 0 saturated carbocycles. The number of nitrogens with zero attached hydrogens (tertiary/aromatic N) is 1. The van der Waals surface area contributed by atoms with Gasteiger partial charge in [0, 0.05) is 18.6 Å². The number of likely N-dealkylation sites (tertiary alicyclic amines) is 1. The van der Waals surface area contributed by atoms with Crippen LogP contribution in [0.1, 0.15) is 40.0 Å². The molecule has 0 spiro atoms. The lowest BCUT2D eigenvalue weighted by atomic mass is 10.0. The minimum atomic E-state index is -3.21. The van der Waals surface area contributed by atoms with E-state index in [1.54, 1.807) is 6.92 Å². The van der Waals surface area contributed by atoms with E-state index in [0.717, 1.165) is 32.4 Å². The van der Waals surface area contributed by atoms with Gasteiger partial charge in [0.2, 0.25) is 10.0 Å². The SMILES string of the molecule is CCCNCC(C)S(=O)(=O)NC1CCN(C)C(C)C1. The summed E-state index contributed by atoms with van der Waals surface area (Å²) >= 11 is 0. The average Bonchev–Trinajstić information content (AvgIpc) is 2.33. The van der Waals surface area contributed by atoms with Crippen molar-refractivity contribution in [1.82, 2.24) is 14.9 Å². The summed E-state index contributed by atoms with van der Waals surface area (Å²) in [5.74, 6) is 0. The van der Waals surface area contributed by atoms with Crippen LogP contribution in [0.25, 0.3) is 0 Å². The molecule has 19 heavy (non-hydrogen) atoms. The number of hydrogen-bond donors (Lipinski definition) is 2. The molecular formula is C13H29N3O2S. The van der Waals surface area contributed by atoms with Crippen molar-refractivity contribution in [3.63, 3.8) is 0 Å². The molecule has 0 aromatic rings. The molecule has 3 unspecified atom stereocenters. The molecule has 0 radical (unpaired) electrons. The smallest absolute Gasteiger partial charge is 0.215 e. The van der Waals surface area contributed by atoms with Crippen LogP contribution in [0.4, 0.5) is 0 Å². The highest BCUT2D eigenvalue weighted by Gasteiger charge is 2.28. The van der Waals surface area contributed by atoms with E-state index in [9.17, 15) is 8.42 Å². The summed E-state index contributed by atoms with van der Waals surface area (Å²) < 4.78 is 27.3. The fourth-order valence-corrected chi connectivity index (χ4v) is 3.58. The monoisotopic (exact) mass is 291 g/mol. The third kappa shape index (κ3) is 5.38. The van der Waals surface area contributed by atoms with Crippen molar-refractivity contribution in [1.29, 1.82) is 0 Å². The molecule has 1 heterocycles. The van der Waals surface area contributed by atoms with Crippen LogP contribution in [0.5, 0.6) is 0 Å². The molecule has 114 valence electrons. The highest BCUT2D eigenvalue weighted by molar-refractivity contribution is 7.90. The largest absolute Gasteiger partial charge is 0.315 e. The van der Waals surface area contributed by atoms with Gasteiger partial charge in [-0.1, -0.05) is 6.92 Å². The van der Waals surface area contributed by atoms with Gasteiger partial charge in [0.25, 0.3) is 0 Å². The molecule has 0 amide bonds. The number of nitrogens with one attached hydrogen (secondary N) is 2. The number of sulfonamides is 1. The Hall–Kier alpha value is -0.170. The van der Waals surface area contributed by atoms with Gasteiger partial charge in [0.05, 0.1) is 5.25 Å². The van der Waals surface area contributed by atoms with E-state index < -0.39 is 10.0 Å². The summed E-state index contributed by atoms with van der Waals surface area (Å²) in [6, 6.07) is 0.528. The van der Waals surface area contributed by atoms with Gasteiger partial charge in [0.1, 0.15) is 0 Å². The molecule has 5 nitrogen and oxygen atoms in total. The summed E-state index contributed by atoms with van der Waals surface area (Å²) in [7, 11) is -1.12. The van der Waals surface area contributed by atoms with E-state index in [2.05, 4.69) is 35.8 Å². The number of rotatable bonds is 7. The molecule has 6 heteroatoms. The van der Waals surface area contributed by atoms with E-state index >= 15 is 0 Å². The first-order valence-corrected chi connectivity index (χ1v) is 8.83. The summed E-state index contributed by atoms with van der Waals surface area (Å²) in [6.45, 7) is 8.33. The second-order valence-corrected chi connectivity index (χ2v) is 7.86. The fraction of sp³-hybridized carbons (Fsp3) is 1.00. The van der Waals surface area contributed by atoms with Crippen molar-refractivity contribution in [3.05, 3.63) is 0 Å². The van der Waals surface area contributed by atoms with Crippen LogP contribution in [-0.2, 0) is 10.0 Å². The van der Waals surface area contributed by atoms with Crippen molar-refractivity contribution >= 4 is 10.0 Å². The number of hydrogen-bond acceptors (Lipinski definition) is 4. The Labute approximate surface area is 118 Å². The van der Waals surface area contributed by atoms with Crippen molar-refractivity contribution in [2.24, 2.45) is 0 Å². The Morgan fingerprint density at radius 1 is 1.42 bits per heavy atom. The number of piperidine rings is 1. The Bertz CT molecular complexity index is 359. The van der Waals surface area contributed by atoms with E-state index in [4.69, 9.17) is 0 Å². The van der Waals surface area contributed by atoms with Crippen LogP contribution in [0.2, 0.25) is 0 Å². The molecule has 1 saturated heterocycles. The molecular weight excluding hydrogens is 262 g/mol. The van der Waals surface area contributed by atoms with Crippen molar-refractivity contribution in [2.45, 2.75) is 57.4 Å². The van der Waals surface area contributed by atoms with Crippen LogP contribution in [0, 0.1) is 0 Å². The lowest BCUT2D eigenvalue weighted by molar-refractivity contribution is 0.178. The third-order valence-corrected chi connectivity index (χ3v) is 5.82. The minimum Gasteiger partial charge on any atom is -0.315 e. The summed E-state index contributed by atoms with van der Waals surface area (Å²) in [5, 5.41) is 2.79. The van der Waals surface area contributed by atoms with E-state index in [0.29, 0.717) is 12.6 Å². The molecule has 0 aliphatic carbocycles. The summed E-state index contributed by atoms with van der Waals surface area (Å²) in [4.78, 5) is 2.27. The molecule has 0 bridgehead atoms. The molecule has 3 atom stereocenters. The first-order valence-electron chi connectivity index (χ1n) is 7.29. The van der Waals surface area contributed by atoms with E-state index in [-0.39, 0.29) is 11.3 Å². The van der Waals surface area contributed by atoms with Gasteiger partial charge in [0.15, 0.2) is 0 Å². The van der Waals surface area contributed by atoms with Crippen LogP contribution >= 0.6 is 0 Å². The second-order valence-electron chi connectivity index (χ2n) is 5.73. The highest BCUT2D eigenvalue weighted by Crippen LogP contribution is 2.16. The van der Waals surface area contributed by atoms with Crippen LogP contribution in [0.3, 0.4) is 0 Å². The maximum absolute atomic E-state index is 12.2. The average molecular weight is 291 g/mol. The van der Waals surface area contributed by atoms with Crippen LogP contribution in [0.15, 0.2) is 0 Å². The molecule has 1 fully saturated rings. The minimum absolute atomic E-state index is 0.0878. The maximum Gasteiger partial charge on any atom is 0.215 e. The standard InChI is InChI=1S/C13H29N3O2S/c1-5-7-14-10-12(3)19(17,18)15-13-6-8-16(4)11(2)9-13/h11-15H,5-10H2,1-4H3. The summed E-state index contributed by atoms with van der Waals surface area (Å²) in [5.41, 5.74) is 0. The zero-order valence-electron chi connectivity index (χ0n) is 12.6. The van der Waals surface area contributed by atoms with Gasteiger partial charge in [-0.3, -0.25) is 0 Å². The van der Waals surface area contributed by atoms with Crippen molar-refractivity contribution in [3.8, 4) is 0 Å². The highest BCUT2D eigenvalue weighted by atomic mass is 32.2. The molecule has 1 aliphatic rings. The van der Waals surface area contributed by atoms with Crippen molar-refractivity contribution < 1.29 is 8.42 Å². The zero-order valence-corrected chi connectivity index (χ0v) is 13.5. The Kier molecular flexibility index (Phi) is 6.73. The molecule has 0 aromatic carbocycles. The first-order chi connectivity index (χ1) is 8.86. The Morgan fingerprint density at radius 3 is 2.68 bits per heavy atom. The molecule has 1 aliphatic heterocycles. The first kappa shape index (κ1) is 16.9. The van der Waals surface area contributed by atoms with Crippen LogP contribution in [-0.4, -0.2) is 57.3 Å². The third-order valence-electron chi connectivity index (χ3n) is 3.93. The quantitative estimate of drug-likeness (QED) is 0.681. The Balaban J connectivity index is 2.45. The predicted octanol–water partition coefficient (Wildman–Crippen LogP) is 0.777. The van der Waals surface area contributed by atoms with Gasteiger partial charge in [-0.15, -0.1) is 0 Å². The molecule has 0 aromatic heterocycles. The van der Waals surface area contributed by atoms with Gasteiger partial charge >= 0.3 is 0 Å². The van der Waals surface area contributed by atoms with E-state index in [1.807, 2.05) is 0 Å². The molecule has 1 rings (SSSR count). The normalized spacial score (nSPS) is 27.4. The van der Waals surface area contributed by atoms with Gasteiger partial charge < -0.3 is 10.2 Å². The lowest BCUT2D eigenvalue weighted by Crippen LogP contribution is -2.50. The van der Waals surface area contributed by atoms with Gasteiger partial charge in [-0.25, -0.2) is 13.1 Å². The fourth-order valence-electron chi connectivity index (χ4n) is 2.34. The van der Waals surface area contributed by atoms with Crippen molar-refractivity contribution in [2.75, 3.05) is 26.7 Å². The van der Waals surface area contributed by atoms with E-state index in [1.165, 1.54) is 0 Å². The zero-order chi connectivity index (χ0) is 14.5. The topological polar surface area (TPSA) is 61.4 Å². The predicted molar refractivity (Wildman–Crippen MR) is 79.8 cm³/mol. The van der Waals surface area contributed by atoms with Crippen LogP contribution < -0.4 is 10.0 Å². The maximum atomic E-state index is 12.2. The van der Waals surface area contributed by atoms with Gasteiger partial charge in [-0.05, 0) is 53.2 Å². The molecule has 2 N–H and O–H groups in total. The summed E-state index contributed by atoms with van der Waals surface area (Å²) in [6.07, 6.45) is 2.81.